The zero-order valence-electron chi connectivity index (χ0n) is 23.4. The number of ketones is 1. The molecule has 4 nitrogen and oxygen atoms in total. The van der Waals surface area contributed by atoms with Crippen molar-refractivity contribution in [3.8, 4) is 0 Å². The van der Waals surface area contributed by atoms with Gasteiger partial charge in [-0.1, -0.05) is 72.8 Å². The molecule has 2 aromatic carbocycles. The monoisotopic (exact) mass is 567 g/mol. The maximum atomic E-state index is 13.3. The molecule has 2 rings (SSSR count). The maximum absolute atomic E-state index is 13.3. The largest absolute Gasteiger partial charge is 0.389 e. The summed E-state index contributed by atoms with van der Waals surface area (Å²) >= 11 is 6.94. The first kappa shape index (κ1) is 35.5. The van der Waals surface area contributed by atoms with Gasteiger partial charge in [0.1, 0.15) is 17.4 Å². The van der Waals surface area contributed by atoms with Crippen LogP contribution in [0.3, 0.4) is 0 Å². The summed E-state index contributed by atoms with van der Waals surface area (Å²) in [6.45, 7) is 16.8. The quantitative estimate of drug-likeness (QED) is 0.396. The first-order valence-corrected chi connectivity index (χ1v) is 13.6. The maximum Gasteiger partial charge on any atom is 0.282 e. The molecule has 0 saturated carbocycles. The lowest BCUT2D eigenvalue weighted by Gasteiger charge is -2.28. The third-order valence-corrected chi connectivity index (χ3v) is 5.86. The minimum Gasteiger partial charge on any atom is -0.389 e. The molecule has 0 radical (unpaired) electrons. The summed E-state index contributed by atoms with van der Waals surface area (Å²) in [5.41, 5.74) is 0.574. The zero-order valence-corrected chi connectivity index (χ0v) is 25.0. The van der Waals surface area contributed by atoms with Gasteiger partial charge < -0.3 is 14.8 Å². The van der Waals surface area contributed by atoms with Crippen LogP contribution in [0.5, 0.6) is 0 Å². The number of hydrogen-bond donors (Lipinski definition) is 1. The van der Waals surface area contributed by atoms with Gasteiger partial charge in [0.15, 0.2) is 0 Å². The number of nitrogens with zero attached hydrogens (tertiary/aromatic N) is 1. The number of Topliss-reactive ketones (excluding diaryl/α,β-unsaturated/α-hetero) is 1. The van der Waals surface area contributed by atoms with Crippen molar-refractivity contribution < 1.29 is 23.5 Å². The second kappa shape index (κ2) is 17.9. The van der Waals surface area contributed by atoms with Crippen molar-refractivity contribution in [2.24, 2.45) is 0 Å². The molecule has 0 aliphatic heterocycles. The molecule has 1 N–H and O–H groups in total. The molecule has 0 bridgehead atoms. The third kappa shape index (κ3) is 15.7. The number of carbonyl (C=O) groups excluding carboxylic acids is 2. The van der Waals surface area contributed by atoms with E-state index in [0.717, 1.165) is 34.2 Å². The SMILES string of the molecule is C=C(C)/C=c1/cc(F)cc/c1=C/C.CC(C)=O.CCCN(CC(C)(C)O)C(=O)SCc1cccc(F)c1Cl. The van der Waals surface area contributed by atoms with Gasteiger partial charge in [0.05, 0.1) is 10.6 Å². The smallest absolute Gasteiger partial charge is 0.282 e. The number of rotatable bonds is 7. The number of halogens is 3. The second-order valence-electron chi connectivity index (χ2n) is 9.46. The number of hydrogen-bond acceptors (Lipinski definition) is 4. The Morgan fingerprint density at radius 1 is 1.13 bits per heavy atom. The summed E-state index contributed by atoms with van der Waals surface area (Å²) in [4.78, 5) is 23.3. The normalized spacial score (nSPS) is 11.7. The van der Waals surface area contributed by atoms with E-state index in [4.69, 9.17) is 11.6 Å². The van der Waals surface area contributed by atoms with Gasteiger partial charge in [-0.25, -0.2) is 8.78 Å². The molecular weight excluding hydrogens is 528 g/mol. The van der Waals surface area contributed by atoms with E-state index in [1.165, 1.54) is 32.0 Å². The van der Waals surface area contributed by atoms with Gasteiger partial charge in [-0.2, -0.15) is 0 Å². The third-order valence-electron chi connectivity index (χ3n) is 4.47. The molecule has 0 atom stereocenters. The Kier molecular flexibility index (Phi) is 16.8. The summed E-state index contributed by atoms with van der Waals surface area (Å²) in [6.07, 6.45) is 4.63. The van der Waals surface area contributed by atoms with Crippen LogP contribution in [0.4, 0.5) is 13.6 Å². The predicted molar refractivity (Wildman–Crippen MR) is 158 cm³/mol. The summed E-state index contributed by atoms with van der Waals surface area (Å²) in [5.74, 6) is -0.219. The minimum absolute atomic E-state index is 0.0577. The lowest BCUT2D eigenvalue weighted by Crippen LogP contribution is -2.41. The molecule has 8 heteroatoms. The van der Waals surface area contributed by atoms with Gasteiger partial charge >= 0.3 is 0 Å². The van der Waals surface area contributed by atoms with Gasteiger partial charge in [-0.15, -0.1) is 0 Å². The van der Waals surface area contributed by atoms with Crippen LogP contribution in [0.2, 0.25) is 5.02 Å². The number of amides is 1. The highest BCUT2D eigenvalue weighted by Gasteiger charge is 2.22. The topological polar surface area (TPSA) is 57.6 Å². The molecule has 38 heavy (non-hydrogen) atoms. The van der Waals surface area contributed by atoms with E-state index in [2.05, 4.69) is 6.58 Å². The highest BCUT2D eigenvalue weighted by Crippen LogP contribution is 2.25. The van der Waals surface area contributed by atoms with Crippen molar-refractivity contribution in [2.75, 3.05) is 13.1 Å². The Bertz CT molecular complexity index is 1190. The van der Waals surface area contributed by atoms with E-state index in [0.29, 0.717) is 17.9 Å². The molecule has 0 aliphatic rings. The average Bonchev–Trinajstić information content (AvgIpc) is 2.78. The predicted octanol–water partition coefficient (Wildman–Crippen LogP) is 6.89. The van der Waals surface area contributed by atoms with E-state index >= 15 is 0 Å². The second-order valence-corrected chi connectivity index (χ2v) is 10.8. The number of thioether (sulfide) groups is 1. The van der Waals surface area contributed by atoms with Crippen LogP contribution in [0.1, 0.15) is 60.5 Å². The molecule has 0 aromatic heterocycles. The average molecular weight is 568 g/mol. The Balaban J connectivity index is 0.000000682. The lowest BCUT2D eigenvalue weighted by molar-refractivity contribution is -0.115. The first-order valence-electron chi connectivity index (χ1n) is 12.2. The fourth-order valence-electron chi connectivity index (χ4n) is 3.06. The number of allylic oxidation sites excluding steroid dienone is 1. The van der Waals surface area contributed by atoms with Gasteiger partial charge in [0, 0.05) is 18.8 Å². The van der Waals surface area contributed by atoms with E-state index in [-0.39, 0.29) is 28.4 Å². The van der Waals surface area contributed by atoms with Gasteiger partial charge in [0.25, 0.3) is 5.24 Å². The van der Waals surface area contributed by atoms with Crippen molar-refractivity contribution in [1.82, 2.24) is 4.90 Å². The van der Waals surface area contributed by atoms with Crippen molar-refractivity contribution in [2.45, 2.75) is 66.2 Å². The standard InChI is InChI=1S/C15H21ClFNO2S.C12H13F.C3H6O/c1-4-8-18(10-15(2,3)20)14(19)21-9-11-6-5-7-12(17)13(11)16;1-4-10-5-6-12(13)8-11(10)7-9(2)3;1-3(2)4/h5-7,20H,4,8-10H2,1-3H3;4-8H,2H2,1,3H3;1-2H3/b;10-4-,11-7-;. The van der Waals surface area contributed by atoms with Crippen LogP contribution in [0.15, 0.2) is 48.6 Å². The Morgan fingerprint density at radius 3 is 2.24 bits per heavy atom. The van der Waals surface area contributed by atoms with Crippen LogP contribution >= 0.6 is 23.4 Å². The summed E-state index contributed by atoms with van der Waals surface area (Å²) in [6, 6.07) is 9.31. The van der Waals surface area contributed by atoms with E-state index in [9.17, 15) is 23.5 Å². The minimum atomic E-state index is -0.943. The molecule has 0 aliphatic carbocycles. The summed E-state index contributed by atoms with van der Waals surface area (Å²) in [7, 11) is 0. The van der Waals surface area contributed by atoms with E-state index in [1.807, 2.05) is 32.9 Å². The van der Waals surface area contributed by atoms with Gasteiger partial charge in [-0.05, 0) is 82.2 Å². The lowest BCUT2D eigenvalue weighted by atomic mass is 10.1. The molecule has 0 fully saturated rings. The molecule has 0 saturated heterocycles. The molecular formula is C30H40ClF2NO3S. The molecule has 1 amide bonds. The van der Waals surface area contributed by atoms with Gasteiger partial charge in [0.2, 0.25) is 0 Å². The van der Waals surface area contributed by atoms with Crippen LogP contribution in [0.25, 0.3) is 12.2 Å². The Labute approximate surface area is 235 Å². The Morgan fingerprint density at radius 2 is 1.74 bits per heavy atom. The highest BCUT2D eigenvalue weighted by molar-refractivity contribution is 8.12. The van der Waals surface area contributed by atoms with Crippen LogP contribution in [-0.4, -0.2) is 39.7 Å². The molecule has 210 valence electrons. The van der Waals surface area contributed by atoms with Crippen LogP contribution in [0, 0.1) is 11.6 Å². The molecule has 0 spiro atoms. The van der Waals surface area contributed by atoms with Crippen molar-refractivity contribution in [1.29, 1.82) is 0 Å². The molecule has 0 unspecified atom stereocenters. The fraction of sp³-hybridized carbons (Fsp3) is 0.400. The molecule has 0 heterocycles. The van der Waals surface area contributed by atoms with Gasteiger partial charge in [-0.3, -0.25) is 4.79 Å². The number of carbonyl (C=O) groups is 2. The first-order chi connectivity index (χ1) is 17.6. The molecule has 2 aromatic rings. The van der Waals surface area contributed by atoms with Crippen molar-refractivity contribution >= 4 is 46.5 Å². The zero-order chi connectivity index (χ0) is 29.5. The fourth-order valence-corrected chi connectivity index (χ4v) is 4.19. The van der Waals surface area contributed by atoms with Crippen LogP contribution < -0.4 is 10.4 Å². The highest BCUT2D eigenvalue weighted by atomic mass is 35.5. The van der Waals surface area contributed by atoms with E-state index < -0.39 is 11.4 Å². The van der Waals surface area contributed by atoms with Crippen molar-refractivity contribution in [3.05, 3.63) is 81.2 Å². The van der Waals surface area contributed by atoms with Crippen molar-refractivity contribution in [3.63, 3.8) is 0 Å². The summed E-state index contributed by atoms with van der Waals surface area (Å²) in [5, 5.41) is 11.7. The number of aliphatic hydroxyl groups is 1. The number of benzene rings is 2. The van der Waals surface area contributed by atoms with Crippen LogP contribution in [-0.2, 0) is 10.5 Å². The van der Waals surface area contributed by atoms with E-state index in [1.54, 1.807) is 36.9 Å². The Hall–Kier alpha value is -2.48. The summed E-state index contributed by atoms with van der Waals surface area (Å²) < 4.78 is 26.2.